The van der Waals surface area contributed by atoms with Gasteiger partial charge in [0.15, 0.2) is 5.16 Å². The summed E-state index contributed by atoms with van der Waals surface area (Å²) in [6, 6.07) is 13.7. The fraction of sp³-hybridized carbons (Fsp3) is 0.200. The molecule has 7 nitrogen and oxygen atoms in total. The molecule has 4 rings (SSSR count). The van der Waals surface area contributed by atoms with Gasteiger partial charge in [0.2, 0.25) is 0 Å². The van der Waals surface area contributed by atoms with Crippen LogP contribution >= 0.6 is 23.4 Å². The molecular formula is C25H23ClN4O3S. The van der Waals surface area contributed by atoms with Crippen LogP contribution in [0.3, 0.4) is 0 Å². The lowest BCUT2D eigenvalue weighted by atomic mass is 10.1. The van der Waals surface area contributed by atoms with E-state index in [0.717, 1.165) is 28.2 Å². The van der Waals surface area contributed by atoms with Gasteiger partial charge in [-0.25, -0.2) is 9.97 Å². The van der Waals surface area contributed by atoms with Gasteiger partial charge >= 0.3 is 6.01 Å². The van der Waals surface area contributed by atoms with Crippen LogP contribution in [0, 0.1) is 6.92 Å². The third-order valence-corrected chi connectivity index (χ3v) is 6.58. The predicted molar refractivity (Wildman–Crippen MR) is 133 cm³/mol. The van der Waals surface area contributed by atoms with E-state index in [9.17, 15) is 4.79 Å². The predicted octanol–water partition coefficient (Wildman–Crippen LogP) is 5.22. The van der Waals surface area contributed by atoms with Crippen LogP contribution in [-0.2, 0) is 19.2 Å². The molecule has 0 aliphatic heterocycles. The van der Waals surface area contributed by atoms with Crippen LogP contribution in [0.15, 0.2) is 71.0 Å². The number of benzene rings is 2. The van der Waals surface area contributed by atoms with Gasteiger partial charge in [-0.1, -0.05) is 35.5 Å². The Balaban J connectivity index is 1.38. The maximum absolute atomic E-state index is 12.6. The molecule has 0 aliphatic carbocycles. The van der Waals surface area contributed by atoms with Gasteiger partial charge in [0.05, 0.1) is 7.11 Å². The van der Waals surface area contributed by atoms with E-state index in [-0.39, 0.29) is 5.56 Å². The van der Waals surface area contributed by atoms with Gasteiger partial charge in [-0.2, -0.15) is 4.98 Å². The molecule has 0 saturated carbocycles. The summed E-state index contributed by atoms with van der Waals surface area (Å²) in [5.74, 6) is 2.16. The first kappa shape index (κ1) is 23.8. The van der Waals surface area contributed by atoms with Crippen LogP contribution in [-0.4, -0.2) is 26.6 Å². The molecule has 0 atom stereocenters. The molecule has 9 heteroatoms. The molecule has 0 fully saturated rings. The SMILES string of the molecule is COc1ncc(Cc2cn(C)c(SCc3ccc(Oc4ccc(Cl)c(C)c4)cc3)nc2=O)cn1. The van der Waals surface area contributed by atoms with Crippen molar-refractivity contribution < 1.29 is 9.47 Å². The number of nitrogens with zero attached hydrogens (tertiary/aromatic N) is 4. The zero-order chi connectivity index (χ0) is 24.1. The van der Waals surface area contributed by atoms with E-state index in [4.69, 9.17) is 21.1 Å². The van der Waals surface area contributed by atoms with Crippen LogP contribution in [0.5, 0.6) is 17.5 Å². The molecule has 2 heterocycles. The number of hydrogen-bond donors (Lipinski definition) is 0. The average Bonchev–Trinajstić information content (AvgIpc) is 2.84. The molecule has 4 aromatic rings. The highest BCUT2D eigenvalue weighted by molar-refractivity contribution is 7.98. The smallest absolute Gasteiger partial charge is 0.316 e. The van der Waals surface area contributed by atoms with Crippen molar-refractivity contribution in [3.63, 3.8) is 0 Å². The summed E-state index contributed by atoms with van der Waals surface area (Å²) in [5, 5.41) is 1.36. The van der Waals surface area contributed by atoms with Crippen LogP contribution in [0.25, 0.3) is 0 Å². The first-order chi connectivity index (χ1) is 16.4. The highest BCUT2D eigenvalue weighted by Crippen LogP contribution is 2.27. The summed E-state index contributed by atoms with van der Waals surface area (Å²) in [4.78, 5) is 25.0. The Morgan fingerprint density at radius 3 is 2.41 bits per heavy atom. The number of hydrogen-bond acceptors (Lipinski definition) is 7. The van der Waals surface area contributed by atoms with Gasteiger partial charge < -0.3 is 14.0 Å². The van der Waals surface area contributed by atoms with Crippen molar-refractivity contribution in [2.75, 3.05) is 7.11 Å². The van der Waals surface area contributed by atoms with Crippen molar-refractivity contribution in [3.05, 3.63) is 98.7 Å². The molecule has 0 saturated heterocycles. The van der Waals surface area contributed by atoms with Crippen molar-refractivity contribution in [2.45, 2.75) is 24.3 Å². The number of thioether (sulfide) groups is 1. The molecule has 0 radical (unpaired) electrons. The minimum Gasteiger partial charge on any atom is -0.467 e. The molecule has 2 aromatic heterocycles. The van der Waals surface area contributed by atoms with E-state index in [1.807, 2.05) is 67.2 Å². The monoisotopic (exact) mass is 494 g/mol. The normalized spacial score (nSPS) is 10.8. The van der Waals surface area contributed by atoms with Gasteiger partial charge in [0, 0.05) is 48.4 Å². The highest BCUT2D eigenvalue weighted by Gasteiger charge is 2.10. The molecule has 0 bridgehead atoms. The summed E-state index contributed by atoms with van der Waals surface area (Å²) in [5.41, 5.74) is 3.21. The second-order valence-corrected chi connectivity index (χ2v) is 9.01. The summed E-state index contributed by atoms with van der Waals surface area (Å²) in [7, 11) is 3.39. The number of aryl methyl sites for hydroxylation is 2. The topological polar surface area (TPSA) is 79.1 Å². The molecule has 2 aromatic carbocycles. The van der Waals surface area contributed by atoms with E-state index in [1.54, 1.807) is 12.4 Å². The Bertz CT molecular complexity index is 1340. The molecule has 34 heavy (non-hydrogen) atoms. The van der Waals surface area contributed by atoms with Crippen molar-refractivity contribution in [1.29, 1.82) is 0 Å². The van der Waals surface area contributed by atoms with Crippen molar-refractivity contribution in [3.8, 4) is 17.5 Å². The van der Waals surface area contributed by atoms with Crippen LogP contribution in [0.4, 0.5) is 0 Å². The molecule has 0 spiro atoms. The Kier molecular flexibility index (Phi) is 7.49. The van der Waals surface area contributed by atoms with E-state index in [0.29, 0.717) is 33.9 Å². The van der Waals surface area contributed by atoms with Crippen LogP contribution < -0.4 is 15.0 Å². The number of halogens is 1. The lowest BCUT2D eigenvalue weighted by molar-refractivity contribution is 0.379. The highest BCUT2D eigenvalue weighted by atomic mass is 35.5. The van der Waals surface area contributed by atoms with Crippen LogP contribution in [0.2, 0.25) is 5.02 Å². The van der Waals surface area contributed by atoms with Gasteiger partial charge in [-0.15, -0.1) is 0 Å². The third-order valence-electron chi connectivity index (χ3n) is 5.04. The Morgan fingerprint density at radius 1 is 1.03 bits per heavy atom. The third kappa shape index (κ3) is 5.95. The van der Waals surface area contributed by atoms with Gasteiger partial charge in [0.1, 0.15) is 11.5 Å². The molecule has 0 amide bonds. The number of methoxy groups -OCH3 is 1. The summed E-state index contributed by atoms with van der Waals surface area (Å²) in [6.45, 7) is 1.94. The molecular weight excluding hydrogens is 472 g/mol. The summed E-state index contributed by atoms with van der Waals surface area (Å²) >= 11 is 7.58. The minimum atomic E-state index is -0.251. The molecule has 174 valence electrons. The van der Waals surface area contributed by atoms with E-state index < -0.39 is 0 Å². The zero-order valence-corrected chi connectivity index (χ0v) is 20.6. The summed E-state index contributed by atoms with van der Waals surface area (Å²) in [6.07, 6.45) is 5.51. The fourth-order valence-corrected chi connectivity index (χ4v) is 4.22. The minimum absolute atomic E-state index is 0.251. The summed E-state index contributed by atoms with van der Waals surface area (Å²) < 4.78 is 12.7. The van der Waals surface area contributed by atoms with Crippen LogP contribution in [0.1, 0.15) is 22.3 Å². The Labute approximate surface area is 206 Å². The van der Waals surface area contributed by atoms with Crippen molar-refractivity contribution in [1.82, 2.24) is 19.5 Å². The zero-order valence-electron chi connectivity index (χ0n) is 19.0. The lowest BCUT2D eigenvalue weighted by Gasteiger charge is -2.10. The standard InChI is InChI=1S/C25H23ClN4O3S/c1-16-10-21(8-9-22(16)26)33-20-6-4-17(5-7-20)15-34-25-29-23(31)19(14-30(25)2)11-18-12-27-24(32-3)28-13-18/h4-10,12-14H,11,15H2,1-3H3. The quantitative estimate of drug-likeness (QED) is 0.245. The fourth-order valence-electron chi connectivity index (χ4n) is 3.21. The van der Waals surface area contributed by atoms with E-state index in [1.165, 1.54) is 18.9 Å². The first-order valence-corrected chi connectivity index (χ1v) is 11.8. The lowest BCUT2D eigenvalue weighted by Crippen LogP contribution is -2.18. The second-order valence-electron chi connectivity index (χ2n) is 7.67. The van der Waals surface area contributed by atoms with Gasteiger partial charge in [-0.3, -0.25) is 4.79 Å². The molecule has 0 unspecified atom stereocenters. The van der Waals surface area contributed by atoms with E-state index in [2.05, 4.69) is 15.0 Å². The van der Waals surface area contributed by atoms with E-state index >= 15 is 0 Å². The Morgan fingerprint density at radius 2 is 1.74 bits per heavy atom. The van der Waals surface area contributed by atoms with Gasteiger partial charge in [-0.05, 0) is 53.9 Å². The van der Waals surface area contributed by atoms with Crippen molar-refractivity contribution in [2.24, 2.45) is 7.05 Å². The largest absolute Gasteiger partial charge is 0.467 e. The maximum Gasteiger partial charge on any atom is 0.316 e. The average molecular weight is 495 g/mol. The number of ether oxygens (including phenoxy) is 2. The maximum atomic E-state index is 12.6. The van der Waals surface area contributed by atoms with Gasteiger partial charge in [0.25, 0.3) is 5.56 Å². The first-order valence-electron chi connectivity index (χ1n) is 10.5. The Hall–Kier alpha value is -3.36. The van der Waals surface area contributed by atoms with Crippen molar-refractivity contribution >= 4 is 23.4 Å². The molecule has 0 N–H and O–H groups in total. The number of rotatable bonds is 8. The second kappa shape index (κ2) is 10.7. The molecule has 0 aliphatic rings. The number of aromatic nitrogens is 4.